The lowest BCUT2D eigenvalue weighted by molar-refractivity contribution is 0.0921. The first kappa shape index (κ1) is 18.0. The fourth-order valence-electron chi connectivity index (χ4n) is 3.19. The van der Waals surface area contributed by atoms with E-state index in [2.05, 4.69) is 28.5 Å². The molecule has 0 aliphatic rings. The van der Waals surface area contributed by atoms with E-state index >= 15 is 0 Å². The zero-order valence-corrected chi connectivity index (χ0v) is 15.9. The molecule has 6 nitrogen and oxygen atoms in total. The summed E-state index contributed by atoms with van der Waals surface area (Å²) < 4.78 is 11.4. The molecule has 0 aliphatic heterocycles. The summed E-state index contributed by atoms with van der Waals surface area (Å²) in [6.07, 6.45) is 2.08. The number of rotatable bonds is 6. The van der Waals surface area contributed by atoms with Crippen LogP contribution in [0.15, 0.2) is 57.4 Å². The molecule has 4 aromatic rings. The van der Waals surface area contributed by atoms with Gasteiger partial charge < -0.3 is 14.2 Å². The van der Waals surface area contributed by atoms with Crippen LogP contribution in [0.1, 0.15) is 40.9 Å². The normalized spacial score (nSPS) is 11.1. The molecular weight excluding hydrogens is 354 g/mol. The third-order valence-corrected chi connectivity index (χ3v) is 4.63. The summed E-state index contributed by atoms with van der Waals surface area (Å²) in [5, 5.41) is 11.8. The number of carbonyl (C=O) groups excluding carboxylic acids is 1. The van der Waals surface area contributed by atoms with Crippen molar-refractivity contribution in [1.29, 1.82) is 0 Å². The summed E-state index contributed by atoms with van der Waals surface area (Å²) in [6.45, 7) is 4.18. The van der Waals surface area contributed by atoms with Gasteiger partial charge in [0.1, 0.15) is 5.58 Å². The number of carbonyl (C=O) groups is 1. The maximum Gasteiger partial charge on any atom is 0.287 e. The molecule has 1 amide bonds. The Labute approximate surface area is 162 Å². The minimum atomic E-state index is -0.301. The second-order valence-corrected chi connectivity index (χ2v) is 6.69. The fourth-order valence-corrected chi connectivity index (χ4v) is 3.19. The van der Waals surface area contributed by atoms with E-state index in [0.29, 0.717) is 23.1 Å². The largest absolute Gasteiger partial charge is 0.451 e. The Kier molecular flexibility index (Phi) is 4.93. The van der Waals surface area contributed by atoms with Crippen LogP contribution in [0.25, 0.3) is 22.4 Å². The second kappa shape index (κ2) is 7.68. The Bertz CT molecular complexity index is 1110. The van der Waals surface area contributed by atoms with Gasteiger partial charge in [0.25, 0.3) is 5.91 Å². The van der Waals surface area contributed by atoms with E-state index < -0.39 is 0 Å². The van der Waals surface area contributed by atoms with Crippen molar-refractivity contribution in [3.8, 4) is 11.5 Å². The number of aryl methyl sites for hydroxylation is 2. The van der Waals surface area contributed by atoms with Crippen LogP contribution in [0, 0.1) is 6.92 Å². The van der Waals surface area contributed by atoms with Gasteiger partial charge in [-0.1, -0.05) is 37.6 Å². The highest BCUT2D eigenvalue weighted by atomic mass is 16.4. The van der Waals surface area contributed by atoms with Crippen molar-refractivity contribution >= 4 is 16.9 Å². The summed E-state index contributed by atoms with van der Waals surface area (Å²) in [5.74, 6) is 0.774. The van der Waals surface area contributed by atoms with E-state index in [1.165, 1.54) is 5.56 Å². The maximum absolute atomic E-state index is 12.6. The highest BCUT2D eigenvalue weighted by molar-refractivity contribution is 5.99. The topological polar surface area (TPSA) is 81.2 Å². The molecule has 0 atom stereocenters. The number of hydrogen-bond donors (Lipinski definition) is 1. The summed E-state index contributed by atoms with van der Waals surface area (Å²) in [6, 6.07) is 15.6. The number of amides is 1. The van der Waals surface area contributed by atoms with Crippen LogP contribution in [-0.2, 0) is 13.0 Å². The monoisotopic (exact) mass is 375 g/mol. The van der Waals surface area contributed by atoms with Crippen LogP contribution in [0.5, 0.6) is 0 Å². The number of hydrogen-bond acceptors (Lipinski definition) is 5. The quantitative estimate of drug-likeness (QED) is 0.529. The smallest absolute Gasteiger partial charge is 0.287 e. The predicted molar refractivity (Wildman–Crippen MR) is 106 cm³/mol. The van der Waals surface area contributed by atoms with E-state index in [1.54, 1.807) is 0 Å². The number of nitrogens with one attached hydrogen (secondary N) is 1. The number of aromatic nitrogens is 2. The first-order valence-corrected chi connectivity index (χ1v) is 9.33. The lowest BCUT2D eigenvalue weighted by Crippen LogP contribution is -2.23. The highest BCUT2D eigenvalue weighted by Crippen LogP contribution is 2.27. The van der Waals surface area contributed by atoms with Gasteiger partial charge in [0.15, 0.2) is 5.76 Å². The molecule has 6 heteroatoms. The average Bonchev–Trinajstić information content (AvgIpc) is 3.32. The van der Waals surface area contributed by atoms with Gasteiger partial charge in [-0.05, 0) is 43.2 Å². The molecular formula is C22H21N3O3. The molecule has 1 N–H and O–H groups in total. The van der Waals surface area contributed by atoms with Crippen LogP contribution < -0.4 is 5.32 Å². The summed E-state index contributed by atoms with van der Waals surface area (Å²) in [5.41, 5.74) is 3.63. The van der Waals surface area contributed by atoms with Crippen molar-refractivity contribution in [2.75, 3.05) is 0 Å². The SMILES string of the molecule is CCCc1ccc2oc(C(=O)NCc3nnc(-c4ccccc4)o3)c(C)c2c1. The molecule has 142 valence electrons. The summed E-state index contributed by atoms with van der Waals surface area (Å²) in [4.78, 5) is 12.6. The first-order chi connectivity index (χ1) is 13.7. The molecule has 0 spiro atoms. The molecule has 2 aromatic heterocycles. The van der Waals surface area contributed by atoms with Gasteiger partial charge in [-0.3, -0.25) is 4.79 Å². The molecule has 28 heavy (non-hydrogen) atoms. The van der Waals surface area contributed by atoms with Gasteiger partial charge >= 0.3 is 0 Å². The Morgan fingerprint density at radius 3 is 2.68 bits per heavy atom. The number of furan rings is 1. The Hall–Kier alpha value is -3.41. The second-order valence-electron chi connectivity index (χ2n) is 6.69. The van der Waals surface area contributed by atoms with Gasteiger partial charge in [0.05, 0.1) is 6.54 Å². The molecule has 0 radical (unpaired) electrons. The van der Waals surface area contributed by atoms with Crippen molar-refractivity contribution in [1.82, 2.24) is 15.5 Å². The molecule has 4 rings (SSSR count). The summed E-state index contributed by atoms with van der Waals surface area (Å²) >= 11 is 0. The van der Waals surface area contributed by atoms with Crippen LogP contribution in [0.4, 0.5) is 0 Å². The lowest BCUT2D eigenvalue weighted by Gasteiger charge is -2.00. The van der Waals surface area contributed by atoms with Gasteiger partial charge in [0, 0.05) is 16.5 Å². The van der Waals surface area contributed by atoms with Crippen LogP contribution in [-0.4, -0.2) is 16.1 Å². The fraction of sp³-hybridized carbons (Fsp3) is 0.227. The minimum Gasteiger partial charge on any atom is -0.451 e. The van der Waals surface area contributed by atoms with Crippen molar-refractivity contribution in [3.63, 3.8) is 0 Å². The molecule has 2 aromatic carbocycles. The Morgan fingerprint density at radius 1 is 1.07 bits per heavy atom. The van der Waals surface area contributed by atoms with Gasteiger partial charge in [-0.15, -0.1) is 10.2 Å². The maximum atomic E-state index is 12.6. The minimum absolute atomic E-state index is 0.135. The van der Waals surface area contributed by atoms with Crippen LogP contribution in [0.2, 0.25) is 0 Å². The third-order valence-electron chi connectivity index (χ3n) is 4.63. The Morgan fingerprint density at radius 2 is 1.89 bits per heavy atom. The standard InChI is InChI=1S/C22H21N3O3/c1-3-7-15-10-11-18-17(12-15)14(2)20(27-18)21(26)23-13-19-24-25-22(28-19)16-8-5-4-6-9-16/h4-6,8-12H,3,7,13H2,1-2H3,(H,23,26). The predicted octanol–water partition coefficient (Wildman–Crippen LogP) is 4.67. The first-order valence-electron chi connectivity index (χ1n) is 9.33. The number of nitrogens with zero attached hydrogens (tertiary/aromatic N) is 2. The molecule has 0 aliphatic carbocycles. The van der Waals surface area contributed by atoms with E-state index in [1.807, 2.05) is 49.4 Å². The molecule has 0 bridgehead atoms. The van der Waals surface area contributed by atoms with Crippen LogP contribution >= 0.6 is 0 Å². The van der Waals surface area contributed by atoms with E-state index in [0.717, 1.165) is 29.4 Å². The van der Waals surface area contributed by atoms with Crippen molar-refractivity contribution in [2.24, 2.45) is 0 Å². The van der Waals surface area contributed by atoms with Gasteiger partial charge in [0.2, 0.25) is 11.8 Å². The van der Waals surface area contributed by atoms with E-state index in [4.69, 9.17) is 8.83 Å². The highest BCUT2D eigenvalue weighted by Gasteiger charge is 2.18. The van der Waals surface area contributed by atoms with E-state index in [9.17, 15) is 4.79 Å². The Balaban J connectivity index is 1.48. The number of benzene rings is 2. The zero-order valence-electron chi connectivity index (χ0n) is 15.9. The number of fused-ring (bicyclic) bond motifs is 1. The van der Waals surface area contributed by atoms with Crippen molar-refractivity contribution in [2.45, 2.75) is 33.2 Å². The zero-order chi connectivity index (χ0) is 19.5. The molecule has 0 saturated carbocycles. The van der Waals surface area contributed by atoms with E-state index in [-0.39, 0.29) is 12.5 Å². The van der Waals surface area contributed by atoms with Gasteiger partial charge in [-0.2, -0.15) is 0 Å². The van der Waals surface area contributed by atoms with Crippen molar-refractivity contribution in [3.05, 3.63) is 71.3 Å². The van der Waals surface area contributed by atoms with Crippen molar-refractivity contribution < 1.29 is 13.6 Å². The summed E-state index contributed by atoms with van der Waals surface area (Å²) in [7, 11) is 0. The third kappa shape index (κ3) is 3.53. The van der Waals surface area contributed by atoms with Gasteiger partial charge in [-0.25, -0.2) is 0 Å². The molecule has 0 fully saturated rings. The molecule has 0 unspecified atom stereocenters. The molecule has 0 saturated heterocycles. The average molecular weight is 375 g/mol. The van der Waals surface area contributed by atoms with Crippen LogP contribution in [0.3, 0.4) is 0 Å². The molecule has 2 heterocycles. The lowest BCUT2D eigenvalue weighted by atomic mass is 10.1.